The SMILES string of the molecule is CCC(=O)C1=C(c2ccccc2)N(C(=O)CC)n2c(Cc3ccc(OC)cc3)nnc2S1. The van der Waals surface area contributed by atoms with Crippen LogP contribution in [0.1, 0.15) is 43.6 Å². The maximum atomic E-state index is 13.2. The number of allylic oxidation sites excluding steroid dienone is 1. The van der Waals surface area contributed by atoms with Crippen molar-refractivity contribution < 1.29 is 14.3 Å². The molecule has 0 spiro atoms. The van der Waals surface area contributed by atoms with Crippen molar-refractivity contribution >= 4 is 29.1 Å². The van der Waals surface area contributed by atoms with E-state index < -0.39 is 0 Å². The smallest absolute Gasteiger partial charge is 0.246 e. The number of amides is 1. The van der Waals surface area contributed by atoms with Gasteiger partial charge < -0.3 is 4.74 Å². The molecule has 1 amide bonds. The fraction of sp³-hybridized carbons (Fsp3) is 0.250. The number of ketones is 1. The number of rotatable bonds is 7. The van der Waals surface area contributed by atoms with E-state index in [0.717, 1.165) is 16.9 Å². The number of carbonyl (C=O) groups is 2. The van der Waals surface area contributed by atoms with E-state index in [0.29, 0.717) is 34.4 Å². The van der Waals surface area contributed by atoms with Gasteiger partial charge in [-0.3, -0.25) is 9.59 Å². The minimum Gasteiger partial charge on any atom is -0.497 e. The second-order valence-electron chi connectivity index (χ2n) is 7.22. The molecule has 0 aliphatic carbocycles. The van der Waals surface area contributed by atoms with E-state index in [4.69, 9.17) is 4.74 Å². The Labute approximate surface area is 191 Å². The first kappa shape index (κ1) is 21.8. The summed E-state index contributed by atoms with van der Waals surface area (Å²) in [5.41, 5.74) is 2.39. The molecule has 3 aromatic rings. The fourth-order valence-corrected chi connectivity index (χ4v) is 4.61. The van der Waals surface area contributed by atoms with Crippen LogP contribution < -0.4 is 9.75 Å². The average Bonchev–Trinajstić information content (AvgIpc) is 3.25. The van der Waals surface area contributed by atoms with Gasteiger partial charge >= 0.3 is 0 Å². The minimum atomic E-state index is -0.136. The molecular weight excluding hydrogens is 424 g/mol. The highest BCUT2D eigenvalue weighted by Gasteiger charge is 2.36. The molecule has 164 valence electrons. The van der Waals surface area contributed by atoms with E-state index in [9.17, 15) is 9.59 Å². The molecule has 0 atom stereocenters. The second kappa shape index (κ2) is 9.40. The van der Waals surface area contributed by atoms with Gasteiger partial charge in [0.1, 0.15) is 5.75 Å². The monoisotopic (exact) mass is 448 g/mol. The van der Waals surface area contributed by atoms with Crippen LogP contribution in [0, 0.1) is 0 Å². The lowest BCUT2D eigenvalue weighted by Gasteiger charge is -2.33. The standard InChI is InChI=1S/C24H24N4O3S/c1-4-19(29)23-22(17-9-7-6-8-10-17)28(21(30)5-2)27-20(25-26-24(27)32-23)15-16-11-13-18(31-3)14-12-16/h6-14H,4-5,15H2,1-3H3. The van der Waals surface area contributed by atoms with Gasteiger partial charge in [0.05, 0.1) is 17.7 Å². The van der Waals surface area contributed by atoms with Crippen molar-refractivity contribution in [3.8, 4) is 5.75 Å². The molecule has 2 aromatic carbocycles. The Bertz CT molecular complexity index is 1170. The van der Waals surface area contributed by atoms with Crippen molar-refractivity contribution in [3.05, 3.63) is 76.5 Å². The molecule has 0 saturated heterocycles. The molecule has 0 fully saturated rings. The number of ether oxygens (including phenoxy) is 1. The number of thioether (sulfide) groups is 1. The van der Waals surface area contributed by atoms with Gasteiger partial charge in [0.25, 0.3) is 0 Å². The average molecular weight is 449 g/mol. The molecule has 1 aliphatic heterocycles. The van der Waals surface area contributed by atoms with Crippen molar-refractivity contribution in [1.29, 1.82) is 0 Å². The van der Waals surface area contributed by atoms with Crippen molar-refractivity contribution in [2.24, 2.45) is 0 Å². The molecular formula is C24H24N4O3S. The summed E-state index contributed by atoms with van der Waals surface area (Å²) in [6.07, 6.45) is 1.08. The van der Waals surface area contributed by atoms with Gasteiger partial charge in [0.15, 0.2) is 11.6 Å². The third-order valence-corrected chi connectivity index (χ3v) is 6.24. The third-order valence-electron chi connectivity index (χ3n) is 5.18. The van der Waals surface area contributed by atoms with Crippen LogP contribution in [0.4, 0.5) is 0 Å². The second-order valence-corrected chi connectivity index (χ2v) is 8.19. The summed E-state index contributed by atoms with van der Waals surface area (Å²) in [6.45, 7) is 3.63. The Balaban J connectivity index is 1.85. The first-order valence-corrected chi connectivity index (χ1v) is 11.3. The number of carbonyl (C=O) groups excluding carboxylic acids is 2. The number of Topliss-reactive ketones (excluding diaryl/α,β-unsaturated/α-hetero) is 1. The largest absolute Gasteiger partial charge is 0.497 e. The first-order chi connectivity index (χ1) is 15.6. The molecule has 8 heteroatoms. The molecule has 7 nitrogen and oxygen atoms in total. The topological polar surface area (TPSA) is 77.3 Å². The number of methoxy groups -OCH3 is 1. The molecule has 1 aromatic heterocycles. The van der Waals surface area contributed by atoms with E-state index in [-0.39, 0.29) is 18.1 Å². The maximum Gasteiger partial charge on any atom is 0.246 e. The van der Waals surface area contributed by atoms with Gasteiger partial charge in [-0.05, 0) is 29.5 Å². The van der Waals surface area contributed by atoms with Crippen molar-refractivity contribution in [3.63, 3.8) is 0 Å². The minimum absolute atomic E-state index is 0.0336. The van der Waals surface area contributed by atoms with Crippen molar-refractivity contribution in [2.75, 3.05) is 12.1 Å². The fourth-order valence-electron chi connectivity index (χ4n) is 3.52. The predicted octanol–water partition coefficient (Wildman–Crippen LogP) is 4.21. The molecule has 4 rings (SSSR count). The normalized spacial score (nSPS) is 13.2. The highest BCUT2D eigenvalue weighted by atomic mass is 32.2. The lowest BCUT2D eigenvalue weighted by atomic mass is 10.1. The van der Waals surface area contributed by atoms with Crippen LogP contribution in [-0.4, -0.2) is 33.7 Å². The van der Waals surface area contributed by atoms with Crippen LogP contribution >= 0.6 is 11.8 Å². The number of nitrogens with zero attached hydrogens (tertiary/aromatic N) is 4. The Morgan fingerprint density at radius 3 is 2.31 bits per heavy atom. The van der Waals surface area contributed by atoms with E-state index in [2.05, 4.69) is 10.2 Å². The Morgan fingerprint density at radius 2 is 1.69 bits per heavy atom. The van der Waals surface area contributed by atoms with E-state index >= 15 is 0 Å². The molecule has 1 aliphatic rings. The molecule has 2 heterocycles. The number of hydrogen-bond donors (Lipinski definition) is 0. The van der Waals surface area contributed by atoms with E-state index in [1.165, 1.54) is 11.8 Å². The van der Waals surface area contributed by atoms with Crippen LogP contribution in [-0.2, 0) is 16.0 Å². The Hall–Kier alpha value is -3.39. The molecule has 32 heavy (non-hydrogen) atoms. The zero-order valence-electron chi connectivity index (χ0n) is 18.2. The van der Waals surface area contributed by atoms with Crippen LogP contribution in [0.15, 0.2) is 64.7 Å². The summed E-state index contributed by atoms with van der Waals surface area (Å²) in [7, 11) is 1.63. The quantitative estimate of drug-likeness (QED) is 0.539. The molecule has 0 unspecified atom stereocenters. The summed E-state index contributed by atoms with van der Waals surface area (Å²) in [4.78, 5) is 26.6. The highest BCUT2D eigenvalue weighted by molar-refractivity contribution is 8.04. The molecule has 0 bridgehead atoms. The lowest BCUT2D eigenvalue weighted by Crippen LogP contribution is -2.43. The zero-order chi connectivity index (χ0) is 22.7. The van der Waals surface area contributed by atoms with Crippen molar-refractivity contribution in [1.82, 2.24) is 14.9 Å². The van der Waals surface area contributed by atoms with Crippen molar-refractivity contribution in [2.45, 2.75) is 38.3 Å². The Morgan fingerprint density at radius 1 is 0.969 bits per heavy atom. The van der Waals surface area contributed by atoms with Gasteiger partial charge in [-0.2, -0.15) is 0 Å². The van der Waals surface area contributed by atoms with E-state index in [1.807, 2.05) is 61.5 Å². The van der Waals surface area contributed by atoms with Crippen LogP contribution in [0.5, 0.6) is 5.75 Å². The number of aromatic nitrogens is 3. The van der Waals surface area contributed by atoms with Gasteiger partial charge in [0, 0.05) is 24.8 Å². The molecule has 0 N–H and O–H groups in total. The molecule has 0 radical (unpaired) electrons. The van der Waals surface area contributed by atoms with Gasteiger partial charge in [0.2, 0.25) is 11.1 Å². The number of hydrogen-bond acceptors (Lipinski definition) is 6. The summed E-state index contributed by atoms with van der Waals surface area (Å²) in [6, 6.07) is 17.2. The first-order valence-electron chi connectivity index (χ1n) is 10.5. The highest BCUT2D eigenvalue weighted by Crippen LogP contribution is 2.40. The van der Waals surface area contributed by atoms with Gasteiger partial charge in [-0.15, -0.1) is 10.2 Å². The summed E-state index contributed by atoms with van der Waals surface area (Å²) in [5.74, 6) is 1.22. The maximum absolute atomic E-state index is 13.2. The summed E-state index contributed by atoms with van der Waals surface area (Å²) in [5, 5.41) is 10.8. The van der Waals surface area contributed by atoms with Gasteiger partial charge in [-0.25, -0.2) is 9.69 Å². The van der Waals surface area contributed by atoms with Crippen LogP contribution in [0.25, 0.3) is 5.70 Å². The zero-order valence-corrected chi connectivity index (χ0v) is 19.1. The summed E-state index contributed by atoms with van der Waals surface area (Å²) < 4.78 is 6.98. The predicted molar refractivity (Wildman–Crippen MR) is 124 cm³/mol. The summed E-state index contributed by atoms with van der Waals surface area (Å²) >= 11 is 1.27. The third kappa shape index (κ3) is 4.05. The number of benzene rings is 2. The van der Waals surface area contributed by atoms with Crippen LogP contribution in [0.3, 0.4) is 0 Å². The van der Waals surface area contributed by atoms with Crippen LogP contribution in [0.2, 0.25) is 0 Å². The van der Waals surface area contributed by atoms with E-state index in [1.54, 1.807) is 23.7 Å². The number of fused-ring (bicyclic) bond motifs is 1. The molecule has 0 saturated carbocycles. The lowest BCUT2D eigenvalue weighted by molar-refractivity contribution is -0.119. The van der Waals surface area contributed by atoms with Gasteiger partial charge in [-0.1, -0.05) is 56.3 Å². The Kier molecular flexibility index (Phi) is 6.41.